The Morgan fingerprint density at radius 3 is 2.26 bits per heavy atom. The first-order valence-corrected chi connectivity index (χ1v) is 6.06. The van der Waals surface area contributed by atoms with E-state index in [0.29, 0.717) is 12.1 Å². The maximum atomic E-state index is 11.3. The molecular weight excluding hydrogens is 310 g/mol. The van der Waals surface area contributed by atoms with E-state index in [1.54, 1.807) is 0 Å². The van der Waals surface area contributed by atoms with Gasteiger partial charge in [-0.15, -0.1) is 0 Å². The van der Waals surface area contributed by atoms with E-state index in [1.807, 2.05) is 0 Å². The molecule has 0 aliphatic heterocycles. The van der Waals surface area contributed by atoms with Gasteiger partial charge in [0.25, 0.3) is 11.4 Å². The molecule has 3 N–H and O–H groups in total. The van der Waals surface area contributed by atoms with Crippen molar-refractivity contribution >= 4 is 28.7 Å². The van der Waals surface area contributed by atoms with Crippen LogP contribution in [-0.4, -0.2) is 26.0 Å². The molecule has 0 atom stereocenters. The van der Waals surface area contributed by atoms with Crippen molar-refractivity contribution in [3.63, 3.8) is 0 Å². The van der Waals surface area contributed by atoms with Gasteiger partial charge in [0.2, 0.25) is 0 Å². The van der Waals surface area contributed by atoms with Gasteiger partial charge in [-0.25, -0.2) is 4.79 Å². The number of nitrogens with zero attached hydrogens (tertiary/aromatic N) is 2. The molecule has 2 aromatic carbocycles. The zero-order valence-corrected chi connectivity index (χ0v) is 11.3. The number of nitro groups is 2. The quantitative estimate of drug-likeness (QED) is 0.431. The molecule has 10 nitrogen and oxygen atoms in total. The van der Waals surface area contributed by atoms with E-state index in [0.717, 1.165) is 0 Å². The highest BCUT2D eigenvalue weighted by atomic mass is 16.6. The summed E-state index contributed by atoms with van der Waals surface area (Å²) in [6, 6.07) is 7.03. The van der Waals surface area contributed by atoms with E-state index >= 15 is 0 Å². The molecular formula is C13H9N3O7. The number of para-hydroxylation sites is 2. The van der Waals surface area contributed by atoms with Crippen LogP contribution in [-0.2, 0) is 0 Å². The molecule has 23 heavy (non-hydrogen) atoms. The fraction of sp³-hybridized carbons (Fsp3) is 0. The first kappa shape index (κ1) is 15.7. The van der Waals surface area contributed by atoms with Crippen LogP contribution in [0.5, 0.6) is 5.75 Å². The lowest BCUT2D eigenvalue weighted by molar-refractivity contribution is -0.393. The Morgan fingerprint density at radius 1 is 1.09 bits per heavy atom. The summed E-state index contributed by atoms with van der Waals surface area (Å²) < 4.78 is 0. The largest absolute Gasteiger partial charge is 0.506 e. The minimum Gasteiger partial charge on any atom is -0.506 e. The summed E-state index contributed by atoms with van der Waals surface area (Å²) in [7, 11) is 0. The number of carbonyl (C=O) groups is 1. The molecule has 118 valence electrons. The summed E-state index contributed by atoms with van der Waals surface area (Å²) in [6.45, 7) is 0. The maximum absolute atomic E-state index is 11.3. The van der Waals surface area contributed by atoms with Crippen molar-refractivity contribution in [3.8, 4) is 5.75 Å². The zero-order chi connectivity index (χ0) is 17.1. The second-order valence-electron chi connectivity index (χ2n) is 4.35. The smallest absolute Gasteiger partial charge is 0.338 e. The lowest BCUT2D eigenvalue weighted by atomic mass is 10.1. The number of hydrogen-bond acceptors (Lipinski definition) is 7. The van der Waals surface area contributed by atoms with Crippen LogP contribution in [0.25, 0.3) is 0 Å². The van der Waals surface area contributed by atoms with Crippen LogP contribution in [0.1, 0.15) is 10.4 Å². The van der Waals surface area contributed by atoms with Crippen LogP contribution in [0.2, 0.25) is 0 Å². The summed E-state index contributed by atoms with van der Waals surface area (Å²) in [5.74, 6) is -1.86. The van der Waals surface area contributed by atoms with Crippen molar-refractivity contribution in [2.45, 2.75) is 0 Å². The maximum Gasteiger partial charge on any atom is 0.338 e. The summed E-state index contributed by atoms with van der Waals surface area (Å²) in [6.07, 6.45) is 0. The lowest BCUT2D eigenvalue weighted by Crippen LogP contribution is -2.07. The molecule has 2 rings (SSSR count). The number of rotatable bonds is 5. The Balaban J connectivity index is 2.69. The van der Waals surface area contributed by atoms with Gasteiger partial charge >= 0.3 is 5.97 Å². The van der Waals surface area contributed by atoms with Gasteiger partial charge in [0.15, 0.2) is 0 Å². The second-order valence-corrected chi connectivity index (χ2v) is 4.35. The predicted octanol–water partition coefficient (Wildman–Crippen LogP) is 2.65. The minimum atomic E-state index is -1.59. The molecule has 0 radical (unpaired) electrons. The number of benzene rings is 2. The molecule has 0 amide bonds. The molecule has 0 fully saturated rings. The lowest BCUT2D eigenvalue weighted by Gasteiger charge is -2.11. The SMILES string of the molecule is O=C(O)c1cc([N+](=O)[O-])cc([N+](=O)[O-])c1Nc1ccccc1O. The van der Waals surface area contributed by atoms with E-state index < -0.39 is 38.4 Å². The fourth-order valence-electron chi connectivity index (χ4n) is 1.88. The first-order chi connectivity index (χ1) is 10.8. The minimum absolute atomic E-state index is 0.0203. The number of carboxylic acids is 1. The fourth-order valence-corrected chi connectivity index (χ4v) is 1.88. The summed E-state index contributed by atoms with van der Waals surface area (Å²) in [5.41, 5.74) is -2.62. The van der Waals surface area contributed by atoms with Gasteiger partial charge in [-0.2, -0.15) is 0 Å². The van der Waals surface area contributed by atoms with Crippen LogP contribution < -0.4 is 5.32 Å². The number of nitro benzene ring substituents is 2. The number of phenolic OH excluding ortho intramolecular Hbond substituents is 1. The molecule has 0 heterocycles. The van der Waals surface area contributed by atoms with E-state index in [4.69, 9.17) is 0 Å². The number of carboxylic acid groups (broad SMARTS) is 1. The third-order valence-electron chi connectivity index (χ3n) is 2.90. The number of anilines is 2. The third kappa shape index (κ3) is 3.15. The average Bonchev–Trinajstić information content (AvgIpc) is 2.48. The van der Waals surface area contributed by atoms with Gasteiger partial charge in [0.05, 0.1) is 27.2 Å². The number of nitrogens with one attached hydrogen (secondary N) is 1. The number of aromatic hydroxyl groups is 1. The summed E-state index contributed by atoms with van der Waals surface area (Å²) in [4.78, 5) is 31.4. The van der Waals surface area contributed by atoms with E-state index in [-0.39, 0.29) is 11.4 Å². The van der Waals surface area contributed by atoms with Crippen LogP contribution >= 0.6 is 0 Å². The van der Waals surface area contributed by atoms with Gasteiger partial charge < -0.3 is 15.5 Å². The zero-order valence-electron chi connectivity index (χ0n) is 11.3. The molecule has 2 aromatic rings. The number of non-ortho nitro benzene ring substituents is 1. The van der Waals surface area contributed by atoms with Crippen molar-refractivity contribution in [2.75, 3.05) is 5.32 Å². The van der Waals surface area contributed by atoms with Gasteiger partial charge in [0.1, 0.15) is 11.4 Å². The summed E-state index contributed by atoms with van der Waals surface area (Å²) in [5, 5.41) is 43.2. The molecule has 0 aliphatic carbocycles. The monoisotopic (exact) mass is 319 g/mol. The number of aromatic carboxylic acids is 1. The Morgan fingerprint density at radius 2 is 1.74 bits per heavy atom. The molecule has 0 spiro atoms. The van der Waals surface area contributed by atoms with Crippen LogP contribution in [0.3, 0.4) is 0 Å². The Bertz CT molecular complexity index is 784. The van der Waals surface area contributed by atoms with Gasteiger partial charge in [0, 0.05) is 6.07 Å². The molecule has 0 aromatic heterocycles. The molecule has 0 unspecified atom stereocenters. The van der Waals surface area contributed by atoms with Crippen molar-refractivity contribution in [2.24, 2.45) is 0 Å². The van der Waals surface area contributed by atoms with Crippen molar-refractivity contribution < 1.29 is 24.9 Å². The molecule has 0 saturated carbocycles. The van der Waals surface area contributed by atoms with Crippen LogP contribution in [0, 0.1) is 20.2 Å². The Kier molecular flexibility index (Phi) is 4.07. The average molecular weight is 319 g/mol. The molecule has 10 heteroatoms. The normalized spacial score (nSPS) is 10.1. The first-order valence-electron chi connectivity index (χ1n) is 6.06. The Labute approximate surface area is 127 Å². The third-order valence-corrected chi connectivity index (χ3v) is 2.90. The van der Waals surface area contributed by atoms with Gasteiger partial charge in [-0.05, 0) is 12.1 Å². The standard InChI is InChI=1S/C13H9N3O7/c17-11-4-2-1-3-9(11)14-12-8(13(18)19)5-7(15(20)21)6-10(12)16(22)23/h1-6,14,17H,(H,18,19). The highest BCUT2D eigenvalue weighted by Gasteiger charge is 2.27. The molecule has 0 aliphatic rings. The van der Waals surface area contributed by atoms with Gasteiger partial charge in [-0.3, -0.25) is 20.2 Å². The number of phenols is 1. The van der Waals surface area contributed by atoms with E-state index in [9.17, 15) is 35.2 Å². The molecule has 0 saturated heterocycles. The van der Waals surface area contributed by atoms with Crippen molar-refractivity contribution in [3.05, 3.63) is 62.2 Å². The van der Waals surface area contributed by atoms with Crippen molar-refractivity contribution in [1.82, 2.24) is 0 Å². The Hall–Kier alpha value is -3.69. The van der Waals surface area contributed by atoms with E-state index in [1.165, 1.54) is 24.3 Å². The number of hydrogen-bond donors (Lipinski definition) is 3. The highest BCUT2D eigenvalue weighted by molar-refractivity contribution is 5.99. The summed E-state index contributed by atoms with van der Waals surface area (Å²) >= 11 is 0. The predicted molar refractivity (Wildman–Crippen MR) is 78.1 cm³/mol. The van der Waals surface area contributed by atoms with Crippen LogP contribution in [0.4, 0.5) is 22.7 Å². The molecule has 0 bridgehead atoms. The van der Waals surface area contributed by atoms with Gasteiger partial charge in [-0.1, -0.05) is 12.1 Å². The van der Waals surface area contributed by atoms with Crippen molar-refractivity contribution in [1.29, 1.82) is 0 Å². The van der Waals surface area contributed by atoms with Crippen LogP contribution in [0.15, 0.2) is 36.4 Å². The highest BCUT2D eigenvalue weighted by Crippen LogP contribution is 2.37. The second kappa shape index (κ2) is 5.97. The van der Waals surface area contributed by atoms with E-state index in [2.05, 4.69) is 5.32 Å². The topological polar surface area (TPSA) is 156 Å².